The maximum absolute atomic E-state index is 12.5. The number of phenolic OH excluding ortho intramolecular Hbond substituents is 1. The molecule has 10 heteroatoms. The van der Waals surface area contributed by atoms with Crippen LogP contribution in [0.5, 0.6) is 17.2 Å². The van der Waals surface area contributed by atoms with E-state index >= 15 is 0 Å². The molecule has 2 aromatic rings. The van der Waals surface area contributed by atoms with Gasteiger partial charge in [-0.2, -0.15) is 0 Å². The quantitative estimate of drug-likeness (QED) is 0.568. The van der Waals surface area contributed by atoms with Crippen LogP contribution in [-0.2, 0) is 0 Å². The van der Waals surface area contributed by atoms with Gasteiger partial charge in [-0.15, -0.1) is 11.3 Å². The van der Waals surface area contributed by atoms with E-state index in [2.05, 4.69) is 34.4 Å². The summed E-state index contributed by atoms with van der Waals surface area (Å²) in [6.45, 7) is 5.36. The van der Waals surface area contributed by atoms with Crippen molar-refractivity contribution < 1.29 is 24.2 Å². The molecule has 0 aliphatic heterocycles. The molecule has 0 radical (unpaired) electrons. The second-order valence-electron chi connectivity index (χ2n) is 6.55. The number of aromatic hydroxyl groups is 1. The van der Waals surface area contributed by atoms with Crippen LogP contribution in [0.4, 0.5) is 5.13 Å². The van der Waals surface area contributed by atoms with Gasteiger partial charge in [0.1, 0.15) is 11.4 Å². The molecule has 0 fully saturated rings. The lowest BCUT2D eigenvalue weighted by atomic mass is 10.1. The minimum absolute atomic E-state index is 0.000532. The number of amides is 2. The average Bonchev–Trinajstić information content (AvgIpc) is 3.15. The first-order valence-corrected chi connectivity index (χ1v) is 9.85. The van der Waals surface area contributed by atoms with E-state index < -0.39 is 5.91 Å². The lowest BCUT2D eigenvalue weighted by Crippen LogP contribution is -2.36. The Morgan fingerprint density at radius 3 is 2.48 bits per heavy atom. The maximum Gasteiger partial charge on any atom is 0.270 e. The number of ether oxygens (including phenoxy) is 2. The summed E-state index contributed by atoms with van der Waals surface area (Å²) >= 11 is 1.12. The predicted molar refractivity (Wildman–Crippen MR) is 111 cm³/mol. The zero-order valence-corrected chi connectivity index (χ0v) is 17.9. The standard InChI is InChI=1S/C19H26N4O5S/c1-11(2)23(3)7-6-20-18(26)13-10-29-19(21-13)22-17(25)12-8-15(27-4)16(28-5)9-14(12)24/h8-11,24H,6-7H2,1-5H3,(H,20,26)(H,21,22,25). The summed E-state index contributed by atoms with van der Waals surface area (Å²) in [5, 5.41) is 17.3. The minimum Gasteiger partial charge on any atom is -0.507 e. The molecule has 0 saturated heterocycles. The van der Waals surface area contributed by atoms with Crippen molar-refractivity contribution in [1.29, 1.82) is 0 Å². The Hall–Kier alpha value is -2.85. The third-order valence-corrected chi connectivity index (χ3v) is 5.09. The normalized spacial score (nSPS) is 10.9. The van der Waals surface area contributed by atoms with Crippen molar-refractivity contribution in [3.05, 3.63) is 28.8 Å². The van der Waals surface area contributed by atoms with Crippen molar-refractivity contribution in [2.24, 2.45) is 0 Å². The van der Waals surface area contributed by atoms with Crippen LogP contribution in [0, 0.1) is 0 Å². The lowest BCUT2D eigenvalue weighted by Gasteiger charge is -2.20. The van der Waals surface area contributed by atoms with Crippen molar-refractivity contribution in [2.75, 3.05) is 39.7 Å². The molecule has 0 unspecified atom stereocenters. The number of likely N-dealkylation sites (N-methyl/N-ethyl adjacent to an activating group) is 1. The van der Waals surface area contributed by atoms with E-state index in [0.717, 1.165) is 17.9 Å². The highest BCUT2D eigenvalue weighted by atomic mass is 32.1. The van der Waals surface area contributed by atoms with E-state index in [0.29, 0.717) is 24.1 Å². The summed E-state index contributed by atoms with van der Waals surface area (Å²) in [4.78, 5) is 30.9. The molecule has 29 heavy (non-hydrogen) atoms. The summed E-state index contributed by atoms with van der Waals surface area (Å²) in [5.41, 5.74) is 0.217. The van der Waals surface area contributed by atoms with Gasteiger partial charge < -0.3 is 24.8 Å². The van der Waals surface area contributed by atoms with Crippen molar-refractivity contribution >= 4 is 28.3 Å². The van der Waals surface area contributed by atoms with Crippen molar-refractivity contribution in [1.82, 2.24) is 15.2 Å². The van der Waals surface area contributed by atoms with E-state index in [4.69, 9.17) is 9.47 Å². The number of rotatable bonds is 9. The van der Waals surface area contributed by atoms with E-state index in [1.807, 2.05) is 7.05 Å². The molecule has 9 nitrogen and oxygen atoms in total. The summed E-state index contributed by atoms with van der Waals surface area (Å²) < 4.78 is 10.2. The van der Waals surface area contributed by atoms with E-state index in [1.165, 1.54) is 26.4 Å². The smallest absolute Gasteiger partial charge is 0.270 e. The molecule has 1 heterocycles. The van der Waals surface area contributed by atoms with E-state index in [-0.39, 0.29) is 28.0 Å². The van der Waals surface area contributed by atoms with Crippen LogP contribution < -0.4 is 20.1 Å². The second-order valence-corrected chi connectivity index (χ2v) is 7.40. The number of hydrogen-bond acceptors (Lipinski definition) is 8. The van der Waals surface area contributed by atoms with Gasteiger partial charge in [0.05, 0.1) is 19.8 Å². The second kappa shape index (κ2) is 10.1. The SMILES string of the molecule is COc1cc(O)c(C(=O)Nc2nc(C(=O)NCCN(C)C(C)C)cs2)cc1OC. The number of nitrogens with zero attached hydrogens (tertiary/aromatic N) is 2. The highest BCUT2D eigenvalue weighted by molar-refractivity contribution is 7.14. The van der Waals surface area contributed by atoms with Gasteiger partial charge in [-0.25, -0.2) is 4.98 Å². The van der Waals surface area contributed by atoms with Crippen molar-refractivity contribution in [3.63, 3.8) is 0 Å². The number of benzene rings is 1. The van der Waals surface area contributed by atoms with E-state index in [9.17, 15) is 14.7 Å². The number of carbonyl (C=O) groups is 2. The maximum atomic E-state index is 12.5. The molecule has 2 rings (SSSR count). The molecule has 0 atom stereocenters. The number of carbonyl (C=O) groups excluding carboxylic acids is 2. The zero-order valence-electron chi connectivity index (χ0n) is 17.1. The fourth-order valence-electron chi connectivity index (χ4n) is 2.34. The van der Waals surface area contributed by atoms with Gasteiger partial charge in [0.15, 0.2) is 16.6 Å². The first-order chi connectivity index (χ1) is 13.8. The Bertz CT molecular complexity index is 868. The molecule has 0 aliphatic carbocycles. The van der Waals surface area contributed by atoms with Crippen molar-refractivity contribution in [2.45, 2.75) is 19.9 Å². The Kier molecular flexibility index (Phi) is 7.80. The van der Waals surface area contributed by atoms with Crippen LogP contribution in [-0.4, -0.2) is 67.2 Å². The molecule has 158 valence electrons. The molecule has 0 spiro atoms. The first kappa shape index (κ1) is 22.4. The van der Waals surface area contributed by atoms with E-state index in [1.54, 1.807) is 5.38 Å². The molecular weight excluding hydrogens is 396 g/mol. The van der Waals surface area contributed by atoms with Crippen molar-refractivity contribution in [3.8, 4) is 17.2 Å². The molecule has 3 N–H and O–H groups in total. The van der Waals surface area contributed by atoms with Gasteiger partial charge in [-0.3, -0.25) is 14.9 Å². The Morgan fingerprint density at radius 2 is 1.86 bits per heavy atom. The van der Waals surface area contributed by atoms with Gasteiger partial charge in [-0.1, -0.05) is 0 Å². The van der Waals surface area contributed by atoms with Gasteiger partial charge in [0.2, 0.25) is 0 Å². The molecule has 1 aromatic carbocycles. The third kappa shape index (κ3) is 5.81. The van der Waals surface area contributed by atoms with Crippen LogP contribution in [0.1, 0.15) is 34.7 Å². The Morgan fingerprint density at radius 1 is 1.21 bits per heavy atom. The molecule has 0 aliphatic rings. The monoisotopic (exact) mass is 422 g/mol. The molecule has 2 amide bonds. The summed E-state index contributed by atoms with van der Waals surface area (Å²) in [7, 11) is 4.85. The van der Waals surface area contributed by atoms with Crippen LogP contribution in [0.15, 0.2) is 17.5 Å². The number of phenols is 1. The summed E-state index contributed by atoms with van der Waals surface area (Å²) in [5.74, 6) is -0.543. The van der Waals surface area contributed by atoms with Crippen LogP contribution in [0.3, 0.4) is 0 Å². The van der Waals surface area contributed by atoms with Gasteiger partial charge in [-0.05, 0) is 20.9 Å². The predicted octanol–water partition coefficient (Wildman–Crippen LogP) is 2.19. The summed E-state index contributed by atoms with van der Waals surface area (Å²) in [6.07, 6.45) is 0. The molecule has 1 aromatic heterocycles. The number of methoxy groups -OCH3 is 2. The van der Waals surface area contributed by atoms with Crippen LogP contribution in [0.25, 0.3) is 0 Å². The number of nitrogens with one attached hydrogen (secondary N) is 2. The highest BCUT2D eigenvalue weighted by Gasteiger charge is 2.19. The highest BCUT2D eigenvalue weighted by Crippen LogP contribution is 2.34. The number of anilines is 1. The fourth-order valence-corrected chi connectivity index (χ4v) is 3.03. The van der Waals surface area contributed by atoms with Gasteiger partial charge in [0.25, 0.3) is 11.8 Å². The molecule has 0 bridgehead atoms. The third-order valence-electron chi connectivity index (χ3n) is 4.34. The topological polar surface area (TPSA) is 113 Å². The van der Waals surface area contributed by atoms with Gasteiger partial charge >= 0.3 is 0 Å². The first-order valence-electron chi connectivity index (χ1n) is 8.97. The number of hydrogen-bond donors (Lipinski definition) is 3. The lowest BCUT2D eigenvalue weighted by molar-refractivity contribution is 0.0942. The van der Waals surface area contributed by atoms with Gasteiger partial charge in [0, 0.05) is 36.6 Å². The minimum atomic E-state index is -0.580. The Balaban J connectivity index is 2.01. The Labute approximate surface area is 173 Å². The van der Waals surface area contributed by atoms with Crippen LogP contribution >= 0.6 is 11.3 Å². The zero-order chi connectivity index (χ0) is 21.6. The number of aromatic nitrogens is 1. The average molecular weight is 423 g/mol. The fraction of sp³-hybridized carbons (Fsp3) is 0.421. The molecular formula is C19H26N4O5S. The largest absolute Gasteiger partial charge is 0.507 e. The molecule has 0 saturated carbocycles. The van der Waals surface area contributed by atoms with Crippen LogP contribution in [0.2, 0.25) is 0 Å². The summed E-state index contributed by atoms with van der Waals surface area (Å²) in [6, 6.07) is 3.06. The number of thiazole rings is 1.